The van der Waals surface area contributed by atoms with Gasteiger partial charge in [0.1, 0.15) is 0 Å². The molecule has 6 aliphatic rings. The van der Waals surface area contributed by atoms with Crippen molar-refractivity contribution in [1.82, 2.24) is 15.9 Å². The van der Waals surface area contributed by atoms with E-state index in [0.717, 1.165) is 0 Å². The molecule has 36 heavy (non-hydrogen) atoms. The van der Waals surface area contributed by atoms with Gasteiger partial charge >= 0.3 is 216 Å². The van der Waals surface area contributed by atoms with Gasteiger partial charge in [-0.1, -0.05) is 0 Å². The molecule has 6 aliphatic heterocycles. The van der Waals surface area contributed by atoms with E-state index < -0.39 is 55.1 Å². The van der Waals surface area contributed by atoms with Gasteiger partial charge in [0.2, 0.25) is 0 Å². The predicted molar refractivity (Wildman–Crippen MR) is 127 cm³/mol. The second-order valence-electron chi connectivity index (χ2n) is 10.9. The molecule has 0 spiro atoms. The molecule has 16 heteroatoms. The van der Waals surface area contributed by atoms with Crippen LogP contribution in [0.3, 0.4) is 0 Å². The van der Waals surface area contributed by atoms with E-state index in [9.17, 15) is 0 Å². The molecule has 4 aromatic rings. The van der Waals surface area contributed by atoms with Gasteiger partial charge in [-0.2, -0.15) is 0 Å². The Morgan fingerprint density at radius 2 is 0.889 bits per heavy atom. The third-order valence-corrected chi connectivity index (χ3v) is 9.95. The van der Waals surface area contributed by atoms with Gasteiger partial charge in [-0.25, -0.2) is 0 Å². The number of hydrogen-bond acceptors (Lipinski definition) is 10. The van der Waals surface area contributed by atoms with Crippen LogP contribution in [0.15, 0.2) is 0 Å². The summed E-state index contributed by atoms with van der Waals surface area (Å²) in [7, 11) is 0. The van der Waals surface area contributed by atoms with Crippen molar-refractivity contribution in [1.29, 1.82) is 0 Å². The van der Waals surface area contributed by atoms with Gasteiger partial charge in [0.05, 0.1) is 0 Å². The quantitative estimate of drug-likeness (QED) is 0.272. The first kappa shape index (κ1) is 22.7. The van der Waals surface area contributed by atoms with Crippen LogP contribution in [0.2, 0.25) is 0 Å². The van der Waals surface area contributed by atoms with E-state index in [1.165, 1.54) is 0 Å². The maximum atomic E-state index is 16.6. The number of nitrogens with zero attached hydrogens (tertiary/aromatic N) is 4. The Morgan fingerprint density at radius 3 is 1.22 bits per heavy atom. The Kier molecular flexibility index (Phi) is 4.53. The van der Waals surface area contributed by atoms with Crippen molar-refractivity contribution >= 4 is 87.2 Å². The minimum atomic E-state index is -2.61. The summed E-state index contributed by atoms with van der Waals surface area (Å²) in [5.41, 5.74) is 0.310. The van der Waals surface area contributed by atoms with Gasteiger partial charge in [-0.05, 0) is 0 Å². The van der Waals surface area contributed by atoms with Crippen LogP contribution in [-0.2, 0) is 27.9 Å². The fourth-order valence-electron chi connectivity index (χ4n) is 5.75. The van der Waals surface area contributed by atoms with Crippen LogP contribution >= 0.6 is 0 Å². The molecule has 6 saturated heterocycles. The van der Waals surface area contributed by atoms with Crippen molar-refractivity contribution in [2.45, 2.75) is 13.8 Å². The predicted octanol–water partition coefficient (Wildman–Crippen LogP) is -0.423. The zero-order valence-corrected chi connectivity index (χ0v) is 22.6. The van der Waals surface area contributed by atoms with Crippen molar-refractivity contribution in [3.8, 4) is 0 Å². The fraction of sp³-hybridized carbons (Fsp3) is 0.500. The van der Waals surface area contributed by atoms with Gasteiger partial charge in [-0.3, -0.25) is 0 Å². The zero-order valence-electron chi connectivity index (χ0n) is 19.2. The number of rotatable bonds is 2. The number of halogens is 2. The average Bonchev–Trinajstić information content (AvgIpc) is 3.55. The molecule has 4 bridgehead atoms. The van der Waals surface area contributed by atoms with Crippen molar-refractivity contribution in [2.75, 3.05) is 39.6 Å². The number of fused-ring (bicyclic) bond motifs is 11. The molecule has 10 rings (SSSR count). The first-order valence-electron chi connectivity index (χ1n) is 11.6. The summed E-state index contributed by atoms with van der Waals surface area (Å²) in [5, 5.41) is -0.0659. The Bertz CT molecular complexity index is 1450. The summed E-state index contributed by atoms with van der Waals surface area (Å²) >= 11 is -1.21. The van der Waals surface area contributed by atoms with Gasteiger partial charge in [0, 0.05) is 0 Å². The van der Waals surface area contributed by atoms with E-state index in [1.807, 2.05) is 13.8 Å². The van der Waals surface area contributed by atoms with Crippen LogP contribution in [0.25, 0.3) is 32.8 Å². The second-order valence-corrected chi connectivity index (χ2v) is 13.1. The Hall–Kier alpha value is -1.31. The molecule has 0 radical (unpaired) electrons. The molecule has 0 aliphatic carbocycles. The third-order valence-electron chi connectivity index (χ3n) is 7.74. The van der Waals surface area contributed by atoms with E-state index in [4.69, 9.17) is 27.9 Å². The first-order valence-corrected chi connectivity index (χ1v) is 14.7. The van der Waals surface area contributed by atoms with Crippen LogP contribution < -0.4 is 10.9 Å². The molecule has 0 unspecified atom stereocenters. The summed E-state index contributed by atoms with van der Waals surface area (Å²) in [5.74, 6) is -1.48. The van der Waals surface area contributed by atoms with Gasteiger partial charge in [0.15, 0.2) is 0 Å². The molecule has 0 N–H and O–H groups in total. The third kappa shape index (κ3) is 2.78. The van der Waals surface area contributed by atoms with Gasteiger partial charge in [0.25, 0.3) is 0 Å². The Morgan fingerprint density at radius 1 is 0.583 bits per heavy atom. The molecular formula is C20H18B2F2N4O6Se2-2. The van der Waals surface area contributed by atoms with Crippen LogP contribution in [0.5, 0.6) is 0 Å². The van der Waals surface area contributed by atoms with Crippen molar-refractivity contribution in [2.24, 2.45) is 10.8 Å². The molecule has 0 atom stereocenters. The molecule has 0 amide bonds. The number of benzene rings is 2. The van der Waals surface area contributed by atoms with Crippen LogP contribution in [0.1, 0.15) is 13.8 Å². The van der Waals surface area contributed by atoms with E-state index in [1.54, 1.807) is 0 Å². The first-order chi connectivity index (χ1) is 17.3. The Balaban J connectivity index is 1.45. The summed E-state index contributed by atoms with van der Waals surface area (Å²) in [6.07, 6.45) is 0. The molecule has 8 heterocycles. The van der Waals surface area contributed by atoms with Crippen LogP contribution in [-0.4, -0.2) is 99.0 Å². The number of aromatic nitrogens is 4. The normalized spacial score (nSPS) is 36.0. The fourth-order valence-corrected chi connectivity index (χ4v) is 8.13. The Labute approximate surface area is 215 Å². The van der Waals surface area contributed by atoms with Crippen LogP contribution in [0.4, 0.5) is 8.78 Å². The van der Waals surface area contributed by atoms with E-state index in [-0.39, 0.29) is 54.6 Å². The van der Waals surface area contributed by atoms with Crippen molar-refractivity contribution in [3.05, 3.63) is 11.6 Å². The second kappa shape index (κ2) is 7.20. The molecule has 2 aromatic heterocycles. The van der Waals surface area contributed by atoms with Gasteiger partial charge < -0.3 is 0 Å². The van der Waals surface area contributed by atoms with E-state index in [0.29, 0.717) is 39.6 Å². The standard InChI is InChI=1S/C20H18B2F2N4O6Se2/c1-19-3-29-21(30-4-19,31-5-19)11-13(23)9-10(15-17(11)27-35-25-15)14(24)12(18-16(9)26-36-28-18)22-32-6-20(2,7-33-22)8-34-22/h3-8H2,1-2H3/q-2. The molecular weight excluding hydrogens is 610 g/mol. The average molecular weight is 628 g/mol. The van der Waals surface area contributed by atoms with Crippen LogP contribution in [0, 0.1) is 22.5 Å². The molecule has 0 saturated carbocycles. The number of hydrogen-bond donors (Lipinski definition) is 0. The summed E-state index contributed by atoms with van der Waals surface area (Å²) in [6, 6.07) is 0. The molecule has 10 nitrogen and oxygen atoms in total. The molecule has 6 fully saturated rings. The summed E-state index contributed by atoms with van der Waals surface area (Å²) in [6.45, 7) is 0.854. The van der Waals surface area contributed by atoms with Gasteiger partial charge in [-0.15, -0.1) is 0 Å². The topological polar surface area (TPSA) is 107 Å². The monoisotopic (exact) mass is 630 g/mol. The minimum absolute atomic E-state index is 0.0323. The SMILES string of the molecule is CC12CO[B-](c3c(F)c4c5n[se]nc5c([B-]56OCC(C)(CO5)CO6)c(F)c4c4n[se]nc34)(OC1)OC2. The summed E-state index contributed by atoms with van der Waals surface area (Å²) < 4.78 is 87.3. The summed E-state index contributed by atoms with van der Waals surface area (Å²) in [4.78, 5) is 0. The van der Waals surface area contributed by atoms with Crippen molar-refractivity contribution < 1.29 is 36.7 Å². The zero-order chi connectivity index (χ0) is 24.5. The van der Waals surface area contributed by atoms with E-state index >= 15 is 8.78 Å². The van der Waals surface area contributed by atoms with E-state index in [2.05, 4.69) is 15.9 Å². The maximum absolute atomic E-state index is 16.6. The molecule has 2 aromatic carbocycles. The molecule has 188 valence electrons. The van der Waals surface area contributed by atoms with Crippen molar-refractivity contribution in [3.63, 3.8) is 0 Å².